The van der Waals surface area contributed by atoms with E-state index in [2.05, 4.69) is 4.98 Å². The van der Waals surface area contributed by atoms with Gasteiger partial charge in [-0.25, -0.2) is 8.42 Å². The van der Waals surface area contributed by atoms with E-state index in [9.17, 15) is 18.3 Å². The van der Waals surface area contributed by atoms with Crippen LogP contribution in [0.5, 0.6) is 17.2 Å². The third kappa shape index (κ3) is 3.67. The van der Waals surface area contributed by atoms with Crippen molar-refractivity contribution in [2.75, 3.05) is 14.2 Å². The summed E-state index contributed by atoms with van der Waals surface area (Å²) in [6, 6.07) is 12.5. The van der Waals surface area contributed by atoms with Crippen LogP contribution in [-0.2, 0) is 16.6 Å². The number of pyridine rings is 1. The Bertz CT molecular complexity index is 1290. The van der Waals surface area contributed by atoms with Gasteiger partial charge in [-0.1, -0.05) is 18.2 Å². The number of allylic oxidation sites excluding steroid dienone is 1. The number of carbonyl (C=O) groups excluding carboxylic acids is 1. The highest BCUT2D eigenvalue weighted by atomic mass is 32.2. The fraction of sp³-hybridized carbons (Fsp3) is 0.130. The average Bonchev–Trinajstić information content (AvgIpc) is 2.81. The van der Waals surface area contributed by atoms with Gasteiger partial charge in [0.2, 0.25) is 11.5 Å². The van der Waals surface area contributed by atoms with Crippen molar-refractivity contribution < 1.29 is 27.8 Å². The van der Waals surface area contributed by atoms with Gasteiger partial charge in [-0.15, -0.1) is 0 Å². The van der Waals surface area contributed by atoms with Crippen LogP contribution in [0, 0.1) is 0 Å². The van der Waals surface area contributed by atoms with Crippen molar-refractivity contribution in [2.45, 2.75) is 11.4 Å². The van der Waals surface area contributed by atoms with E-state index in [0.29, 0.717) is 11.1 Å². The van der Waals surface area contributed by atoms with Crippen molar-refractivity contribution in [1.82, 2.24) is 9.29 Å². The summed E-state index contributed by atoms with van der Waals surface area (Å²) in [5.41, 5.74) is 1.10. The minimum Gasteiger partial charge on any atom is -0.502 e. The maximum atomic E-state index is 13.5. The van der Waals surface area contributed by atoms with E-state index in [1.165, 1.54) is 44.6 Å². The molecule has 1 aliphatic heterocycles. The topological polar surface area (TPSA) is 106 Å². The standard InChI is InChI=1S/C23H20N2O6S/c1-30-19-11-16(12-20(31-2)23(19)27)10-18-22(26)17-7-3-4-8-21(17)32(28,29)25(18)14-15-6-5-9-24-13-15/h3-13,27H,14H2,1-2H3. The number of fused-ring (bicyclic) bond motifs is 1. The molecule has 4 rings (SSSR count). The molecule has 0 unspecified atom stereocenters. The third-order valence-corrected chi connectivity index (χ3v) is 6.87. The first-order chi connectivity index (χ1) is 15.4. The van der Waals surface area contributed by atoms with Gasteiger partial charge in [0.25, 0.3) is 10.0 Å². The molecule has 32 heavy (non-hydrogen) atoms. The fourth-order valence-corrected chi connectivity index (χ4v) is 5.14. The van der Waals surface area contributed by atoms with Crippen molar-refractivity contribution in [3.63, 3.8) is 0 Å². The molecular formula is C23H20N2O6S. The van der Waals surface area contributed by atoms with Crippen LogP contribution in [0.2, 0.25) is 0 Å². The second-order valence-electron chi connectivity index (χ2n) is 7.00. The largest absolute Gasteiger partial charge is 0.502 e. The number of phenols is 1. The average molecular weight is 452 g/mol. The van der Waals surface area contributed by atoms with Crippen molar-refractivity contribution >= 4 is 21.9 Å². The lowest BCUT2D eigenvalue weighted by atomic mass is 10.0. The van der Waals surface area contributed by atoms with Crippen LogP contribution in [0.15, 0.2) is 71.5 Å². The lowest BCUT2D eigenvalue weighted by molar-refractivity contribution is 0.100. The number of aromatic hydroxyl groups is 1. The molecule has 0 radical (unpaired) electrons. The molecule has 0 amide bonds. The Labute approximate surface area is 185 Å². The lowest BCUT2D eigenvalue weighted by Gasteiger charge is -2.31. The van der Waals surface area contributed by atoms with E-state index in [-0.39, 0.29) is 39.9 Å². The van der Waals surface area contributed by atoms with Gasteiger partial charge < -0.3 is 14.6 Å². The molecule has 0 atom stereocenters. The first-order valence-electron chi connectivity index (χ1n) is 9.59. The molecule has 2 heterocycles. The number of ether oxygens (including phenoxy) is 2. The molecule has 0 aliphatic carbocycles. The zero-order chi connectivity index (χ0) is 22.9. The smallest absolute Gasteiger partial charge is 0.265 e. The molecule has 1 N–H and O–H groups in total. The molecule has 0 saturated heterocycles. The highest BCUT2D eigenvalue weighted by molar-refractivity contribution is 7.89. The summed E-state index contributed by atoms with van der Waals surface area (Å²) in [6.07, 6.45) is 4.57. The minimum atomic E-state index is -4.02. The number of benzene rings is 2. The van der Waals surface area contributed by atoms with Crippen molar-refractivity contribution in [1.29, 1.82) is 0 Å². The summed E-state index contributed by atoms with van der Waals surface area (Å²) in [4.78, 5) is 17.4. The molecule has 0 saturated carbocycles. The molecule has 3 aromatic rings. The molecular weight excluding hydrogens is 432 g/mol. The maximum Gasteiger partial charge on any atom is 0.265 e. The van der Waals surface area contributed by atoms with Crippen LogP contribution in [-0.4, -0.2) is 42.8 Å². The second kappa shape index (κ2) is 8.35. The van der Waals surface area contributed by atoms with Gasteiger partial charge in [-0.3, -0.25) is 14.1 Å². The summed E-state index contributed by atoms with van der Waals surface area (Å²) < 4.78 is 38.4. The van der Waals surface area contributed by atoms with Gasteiger partial charge in [-0.05, 0) is 47.5 Å². The van der Waals surface area contributed by atoms with E-state index >= 15 is 0 Å². The summed E-state index contributed by atoms with van der Waals surface area (Å²) in [5.74, 6) is -0.384. The van der Waals surface area contributed by atoms with Gasteiger partial charge in [0.05, 0.1) is 25.7 Å². The molecule has 0 bridgehead atoms. The van der Waals surface area contributed by atoms with Gasteiger partial charge in [0.1, 0.15) is 5.70 Å². The molecule has 0 fully saturated rings. The summed E-state index contributed by atoms with van der Waals surface area (Å²) in [5, 5.41) is 10.2. The Morgan fingerprint density at radius 2 is 1.75 bits per heavy atom. The van der Waals surface area contributed by atoms with Crippen LogP contribution < -0.4 is 9.47 Å². The van der Waals surface area contributed by atoms with Gasteiger partial charge >= 0.3 is 0 Å². The Hall–Kier alpha value is -3.85. The predicted molar refractivity (Wildman–Crippen MR) is 117 cm³/mol. The number of nitrogens with zero attached hydrogens (tertiary/aromatic N) is 2. The van der Waals surface area contributed by atoms with Crippen LogP contribution >= 0.6 is 0 Å². The van der Waals surface area contributed by atoms with Gasteiger partial charge in [0.15, 0.2) is 11.5 Å². The number of Topliss-reactive ketones (excluding diaryl/α,β-unsaturated/α-hetero) is 1. The number of phenolic OH excluding ortho intramolecular Hbond substituents is 1. The van der Waals surface area contributed by atoms with E-state index < -0.39 is 15.8 Å². The highest BCUT2D eigenvalue weighted by Crippen LogP contribution is 2.39. The quantitative estimate of drug-likeness (QED) is 0.593. The van der Waals surface area contributed by atoms with Crippen molar-refractivity contribution in [3.05, 3.63) is 83.3 Å². The number of methoxy groups -OCH3 is 2. The normalized spacial score (nSPS) is 16.0. The summed E-state index contributed by atoms with van der Waals surface area (Å²) >= 11 is 0. The Morgan fingerprint density at radius 1 is 1.06 bits per heavy atom. The summed E-state index contributed by atoms with van der Waals surface area (Å²) in [7, 11) is -1.26. The van der Waals surface area contributed by atoms with Crippen molar-refractivity contribution in [3.8, 4) is 17.2 Å². The van der Waals surface area contributed by atoms with E-state index in [4.69, 9.17) is 9.47 Å². The van der Waals surface area contributed by atoms with Gasteiger partial charge in [0, 0.05) is 18.0 Å². The first kappa shape index (κ1) is 21.4. The number of hydrogen-bond acceptors (Lipinski definition) is 7. The molecule has 1 aliphatic rings. The molecule has 0 spiro atoms. The molecule has 1 aromatic heterocycles. The monoisotopic (exact) mass is 452 g/mol. The first-order valence-corrected chi connectivity index (χ1v) is 11.0. The Kier molecular flexibility index (Phi) is 5.58. The molecule has 9 heteroatoms. The second-order valence-corrected chi connectivity index (χ2v) is 8.83. The van der Waals surface area contributed by atoms with Crippen LogP contribution in [0.4, 0.5) is 0 Å². The minimum absolute atomic E-state index is 0.0395. The third-order valence-electron chi connectivity index (χ3n) is 5.06. The number of rotatable bonds is 5. The lowest BCUT2D eigenvalue weighted by Crippen LogP contribution is -2.38. The van der Waals surface area contributed by atoms with E-state index in [1.54, 1.807) is 36.7 Å². The SMILES string of the molecule is COc1cc(C=C2C(=O)c3ccccc3S(=O)(=O)N2Cc2cccnc2)cc(OC)c1O. The Morgan fingerprint density at radius 3 is 2.38 bits per heavy atom. The number of hydrogen-bond donors (Lipinski definition) is 1. The highest BCUT2D eigenvalue weighted by Gasteiger charge is 2.39. The van der Waals surface area contributed by atoms with Gasteiger partial charge in [-0.2, -0.15) is 0 Å². The summed E-state index contributed by atoms with van der Waals surface area (Å²) in [6.45, 7) is -0.0750. The number of carbonyl (C=O) groups is 1. The zero-order valence-corrected chi connectivity index (χ0v) is 18.2. The number of aromatic nitrogens is 1. The predicted octanol–water partition coefficient (Wildman–Crippen LogP) is 3.23. The molecule has 164 valence electrons. The number of sulfonamides is 1. The Balaban J connectivity index is 1.93. The fourth-order valence-electron chi connectivity index (χ4n) is 3.50. The maximum absolute atomic E-state index is 13.5. The van der Waals surface area contributed by atoms with Crippen LogP contribution in [0.3, 0.4) is 0 Å². The zero-order valence-electron chi connectivity index (χ0n) is 17.3. The number of ketones is 1. The van der Waals surface area contributed by atoms with Crippen LogP contribution in [0.25, 0.3) is 6.08 Å². The van der Waals surface area contributed by atoms with E-state index in [1.807, 2.05) is 0 Å². The molecule has 8 nitrogen and oxygen atoms in total. The molecule has 2 aromatic carbocycles. The van der Waals surface area contributed by atoms with E-state index in [0.717, 1.165) is 4.31 Å². The van der Waals surface area contributed by atoms with Crippen LogP contribution in [0.1, 0.15) is 21.5 Å². The van der Waals surface area contributed by atoms with Crippen molar-refractivity contribution in [2.24, 2.45) is 0 Å².